The molecule has 4 aromatic rings. The number of rotatable bonds is 10. The Labute approximate surface area is 266 Å². The van der Waals surface area contributed by atoms with Crippen molar-refractivity contribution in [1.82, 2.24) is 24.8 Å². The maximum Gasteiger partial charge on any atom is 0.232 e. The number of methoxy groups -OCH3 is 1. The summed E-state index contributed by atoms with van der Waals surface area (Å²) in [6.07, 6.45) is 8.70. The second kappa shape index (κ2) is 12.0. The summed E-state index contributed by atoms with van der Waals surface area (Å²) in [7, 11) is 2.30. The van der Waals surface area contributed by atoms with Crippen LogP contribution in [-0.2, 0) is 10.0 Å². The van der Waals surface area contributed by atoms with Crippen LogP contribution in [-0.4, -0.2) is 85.9 Å². The van der Waals surface area contributed by atoms with E-state index < -0.39 is 10.0 Å². The SMILES string of the molecule is COc1cc(N2CCC(N(C)C)C2)c(C)cc1Nc1ncc(Br)c(Nc2ccc3nccnc3c2N(C2CC2)S(C)(=O)=O)n1. The first-order valence-electron chi connectivity index (χ1n) is 14.4. The number of aromatic nitrogens is 4. The molecule has 12 nitrogen and oxygen atoms in total. The van der Waals surface area contributed by atoms with Crippen molar-refractivity contribution >= 4 is 71.5 Å². The summed E-state index contributed by atoms with van der Waals surface area (Å²) in [4.78, 5) is 22.8. The first-order valence-corrected chi connectivity index (χ1v) is 17.1. The molecule has 2 fully saturated rings. The van der Waals surface area contributed by atoms with Crippen molar-refractivity contribution in [2.24, 2.45) is 0 Å². The lowest BCUT2D eigenvalue weighted by Crippen LogP contribution is -2.33. The molecule has 1 saturated carbocycles. The second-order valence-electron chi connectivity index (χ2n) is 11.5. The van der Waals surface area contributed by atoms with Gasteiger partial charge in [0.25, 0.3) is 0 Å². The lowest BCUT2D eigenvalue weighted by atomic mass is 10.1. The second-order valence-corrected chi connectivity index (χ2v) is 14.2. The molecule has 0 spiro atoms. The summed E-state index contributed by atoms with van der Waals surface area (Å²) in [6.45, 7) is 4.05. The Morgan fingerprint density at radius 2 is 1.80 bits per heavy atom. The van der Waals surface area contributed by atoms with Crippen molar-refractivity contribution < 1.29 is 13.2 Å². The van der Waals surface area contributed by atoms with Gasteiger partial charge in [0.2, 0.25) is 16.0 Å². The molecule has 6 rings (SSSR count). The van der Waals surface area contributed by atoms with Gasteiger partial charge in [-0.15, -0.1) is 0 Å². The molecule has 232 valence electrons. The molecular formula is C30H36BrN9O3S. The van der Waals surface area contributed by atoms with Crippen LogP contribution >= 0.6 is 15.9 Å². The van der Waals surface area contributed by atoms with Crippen molar-refractivity contribution in [3.63, 3.8) is 0 Å². The average molecular weight is 683 g/mol. The molecule has 2 aromatic carbocycles. The van der Waals surface area contributed by atoms with E-state index in [0.717, 1.165) is 49.3 Å². The minimum atomic E-state index is -3.60. The number of likely N-dealkylation sites (N-methyl/N-ethyl adjacent to an activating group) is 1. The molecule has 1 unspecified atom stereocenters. The monoisotopic (exact) mass is 681 g/mol. The molecule has 44 heavy (non-hydrogen) atoms. The van der Waals surface area contributed by atoms with Crippen LogP contribution in [0.3, 0.4) is 0 Å². The van der Waals surface area contributed by atoms with Crippen LogP contribution in [0.25, 0.3) is 11.0 Å². The lowest BCUT2D eigenvalue weighted by Gasteiger charge is -2.26. The number of halogens is 1. The van der Waals surface area contributed by atoms with E-state index in [1.54, 1.807) is 31.8 Å². The Morgan fingerprint density at radius 3 is 2.48 bits per heavy atom. The molecule has 2 N–H and O–H groups in total. The van der Waals surface area contributed by atoms with Gasteiger partial charge in [-0.2, -0.15) is 4.98 Å². The molecule has 3 heterocycles. The molecule has 0 amide bonds. The summed E-state index contributed by atoms with van der Waals surface area (Å²) in [5.41, 5.74) is 5.09. The van der Waals surface area contributed by atoms with Gasteiger partial charge in [0.05, 0.1) is 34.7 Å². The first-order chi connectivity index (χ1) is 21.0. The highest BCUT2D eigenvalue weighted by Crippen LogP contribution is 2.43. The maximum absolute atomic E-state index is 13.0. The third-order valence-electron chi connectivity index (χ3n) is 8.07. The van der Waals surface area contributed by atoms with E-state index in [1.165, 1.54) is 10.6 Å². The van der Waals surface area contributed by atoms with Crippen LogP contribution in [0.15, 0.2) is 47.3 Å². The number of aryl methyl sites for hydroxylation is 1. The van der Waals surface area contributed by atoms with Gasteiger partial charge < -0.3 is 25.2 Å². The van der Waals surface area contributed by atoms with Crippen molar-refractivity contribution in [1.29, 1.82) is 0 Å². The zero-order chi connectivity index (χ0) is 31.2. The molecule has 2 aromatic heterocycles. The third-order valence-corrected chi connectivity index (χ3v) is 9.84. The Bertz CT molecular complexity index is 1820. The average Bonchev–Trinajstić information content (AvgIpc) is 3.68. The first kappa shape index (κ1) is 30.3. The van der Waals surface area contributed by atoms with Crippen LogP contribution in [0, 0.1) is 6.92 Å². The summed E-state index contributed by atoms with van der Waals surface area (Å²) in [5.74, 6) is 1.48. The van der Waals surface area contributed by atoms with Crippen LogP contribution < -0.4 is 24.6 Å². The van der Waals surface area contributed by atoms with Gasteiger partial charge >= 0.3 is 0 Å². The molecule has 0 bridgehead atoms. The van der Waals surface area contributed by atoms with Crippen molar-refractivity contribution in [2.45, 2.75) is 38.3 Å². The molecule has 0 radical (unpaired) electrons. The van der Waals surface area contributed by atoms with Crippen LogP contribution in [0.5, 0.6) is 5.75 Å². The summed E-state index contributed by atoms with van der Waals surface area (Å²) < 4.78 is 33.9. The molecule has 1 saturated heterocycles. The van der Waals surface area contributed by atoms with Gasteiger partial charge in [-0.3, -0.25) is 14.3 Å². The Balaban J connectivity index is 1.33. The number of benzene rings is 2. The van der Waals surface area contributed by atoms with E-state index in [1.807, 2.05) is 6.07 Å². The highest BCUT2D eigenvalue weighted by molar-refractivity contribution is 9.10. The van der Waals surface area contributed by atoms with Gasteiger partial charge in [0.15, 0.2) is 0 Å². The molecule has 1 aliphatic heterocycles. The quantitative estimate of drug-likeness (QED) is 0.233. The third kappa shape index (κ3) is 6.10. The van der Waals surface area contributed by atoms with E-state index in [0.29, 0.717) is 50.4 Å². The van der Waals surface area contributed by atoms with Gasteiger partial charge in [0, 0.05) is 55.5 Å². The predicted octanol–water partition coefficient (Wildman–Crippen LogP) is 5.06. The topological polar surface area (TPSA) is 129 Å². The largest absolute Gasteiger partial charge is 0.494 e. The smallest absolute Gasteiger partial charge is 0.232 e. The molecule has 2 aliphatic rings. The van der Waals surface area contributed by atoms with Gasteiger partial charge in [-0.25, -0.2) is 13.4 Å². The number of nitrogens with zero attached hydrogens (tertiary/aromatic N) is 7. The highest BCUT2D eigenvalue weighted by atomic mass is 79.9. The Kier molecular flexibility index (Phi) is 8.24. The van der Waals surface area contributed by atoms with Crippen molar-refractivity contribution in [2.75, 3.05) is 60.4 Å². The summed E-state index contributed by atoms with van der Waals surface area (Å²) in [6, 6.07) is 8.12. The standard InChI is InChI=1S/C30H36BrN9O3S/c1-18-14-24(26(43-4)15-25(18)39-13-10-20(17-39)38(2)3)36-30-34-16-21(31)29(37-30)35-23-9-8-22-27(33-12-11-32-22)28(23)40(19-6-7-19)44(5,41)42/h8-9,11-12,14-16,19-20H,6-7,10,13,17H2,1-5H3,(H2,34,35,36,37). The summed E-state index contributed by atoms with van der Waals surface area (Å²) >= 11 is 3.56. The van der Waals surface area contributed by atoms with Crippen molar-refractivity contribution in [3.8, 4) is 5.75 Å². The lowest BCUT2D eigenvalue weighted by molar-refractivity contribution is 0.315. The van der Waals surface area contributed by atoms with Crippen molar-refractivity contribution in [3.05, 3.63) is 52.9 Å². The van der Waals surface area contributed by atoms with Gasteiger partial charge in [0.1, 0.15) is 22.8 Å². The van der Waals surface area contributed by atoms with Gasteiger partial charge in [-0.1, -0.05) is 0 Å². The van der Waals surface area contributed by atoms with Crippen LogP contribution in [0.1, 0.15) is 24.8 Å². The predicted molar refractivity (Wildman–Crippen MR) is 178 cm³/mol. The number of hydrogen-bond donors (Lipinski definition) is 2. The number of nitrogens with one attached hydrogen (secondary N) is 2. The van der Waals surface area contributed by atoms with E-state index in [4.69, 9.17) is 9.72 Å². The number of anilines is 6. The molecule has 1 atom stereocenters. The zero-order valence-electron chi connectivity index (χ0n) is 25.4. The Morgan fingerprint density at radius 1 is 1.02 bits per heavy atom. The van der Waals surface area contributed by atoms with Crippen LogP contribution in [0.4, 0.5) is 34.5 Å². The summed E-state index contributed by atoms with van der Waals surface area (Å²) in [5, 5.41) is 6.66. The normalized spacial score (nSPS) is 16.9. The number of fused-ring (bicyclic) bond motifs is 1. The van der Waals surface area contributed by atoms with E-state index >= 15 is 0 Å². The molecule has 1 aliphatic carbocycles. The number of ether oxygens (including phenoxy) is 1. The molecule has 14 heteroatoms. The van der Waals surface area contributed by atoms with E-state index in [9.17, 15) is 8.42 Å². The number of sulfonamides is 1. The highest BCUT2D eigenvalue weighted by Gasteiger charge is 2.38. The fourth-order valence-corrected chi connectivity index (χ4v) is 7.26. The maximum atomic E-state index is 13.0. The Hall–Kier alpha value is -3.75. The fraction of sp³-hybridized carbons (Fsp3) is 0.400. The molecular weight excluding hydrogens is 646 g/mol. The van der Waals surface area contributed by atoms with Crippen LogP contribution in [0.2, 0.25) is 0 Å². The van der Waals surface area contributed by atoms with Gasteiger partial charge in [-0.05, 0) is 80.0 Å². The minimum absolute atomic E-state index is 0.128. The fourth-order valence-electron chi connectivity index (χ4n) is 5.70. The number of hydrogen-bond acceptors (Lipinski definition) is 11. The minimum Gasteiger partial charge on any atom is -0.494 e. The zero-order valence-corrected chi connectivity index (χ0v) is 27.8. The van der Waals surface area contributed by atoms with E-state index in [-0.39, 0.29) is 6.04 Å². The van der Waals surface area contributed by atoms with E-state index in [2.05, 4.69) is 84.5 Å².